The first-order valence-electron chi connectivity index (χ1n) is 9.44. The quantitative estimate of drug-likeness (QED) is 0.483. The fourth-order valence-electron chi connectivity index (χ4n) is 2.54. The maximum atomic E-state index is 12.9. The number of aromatic nitrogens is 1. The van der Waals surface area contributed by atoms with Crippen molar-refractivity contribution >= 4 is 16.0 Å². The summed E-state index contributed by atoms with van der Waals surface area (Å²) < 4.78 is 50.1. The number of carbonyl (C=O) groups excluding carboxylic acids is 1. The zero-order chi connectivity index (χ0) is 22.1. The molecule has 0 radical (unpaired) electrons. The zero-order valence-corrected chi connectivity index (χ0v) is 17.3. The lowest BCUT2D eigenvalue weighted by atomic mass is 10.2. The van der Waals surface area contributed by atoms with E-state index in [0.29, 0.717) is 12.4 Å². The van der Waals surface area contributed by atoms with E-state index in [1.54, 1.807) is 36.4 Å². The SMILES string of the molecule is O=C(CCNS(=O)(=O)c1cccnc1)OCc1ccc(OCc2ccc(F)cc2)cc1. The molecule has 0 aliphatic rings. The number of nitrogens with one attached hydrogen (secondary N) is 1. The van der Waals surface area contributed by atoms with Crippen LogP contribution in [0.1, 0.15) is 17.5 Å². The Balaban J connectivity index is 1.38. The summed E-state index contributed by atoms with van der Waals surface area (Å²) in [5.74, 6) is -0.191. The minimum Gasteiger partial charge on any atom is -0.489 e. The molecule has 0 aliphatic carbocycles. The molecule has 0 unspecified atom stereocenters. The molecule has 3 rings (SSSR count). The van der Waals surface area contributed by atoms with Crippen LogP contribution in [0.3, 0.4) is 0 Å². The molecule has 9 heteroatoms. The van der Waals surface area contributed by atoms with Gasteiger partial charge in [-0.05, 0) is 47.5 Å². The van der Waals surface area contributed by atoms with Crippen molar-refractivity contribution in [1.29, 1.82) is 0 Å². The molecule has 7 nitrogen and oxygen atoms in total. The number of sulfonamides is 1. The van der Waals surface area contributed by atoms with Crippen molar-refractivity contribution in [2.24, 2.45) is 0 Å². The smallest absolute Gasteiger partial charge is 0.307 e. The number of hydrogen-bond donors (Lipinski definition) is 1. The minimum absolute atomic E-state index is 0.0325. The Morgan fingerprint density at radius 1 is 0.968 bits per heavy atom. The van der Waals surface area contributed by atoms with Crippen molar-refractivity contribution < 1.29 is 27.1 Å². The van der Waals surface area contributed by atoms with Gasteiger partial charge in [-0.2, -0.15) is 0 Å². The second-order valence-electron chi connectivity index (χ2n) is 6.56. The molecule has 162 valence electrons. The molecule has 0 saturated carbocycles. The summed E-state index contributed by atoms with van der Waals surface area (Å²) >= 11 is 0. The van der Waals surface area contributed by atoms with Crippen LogP contribution in [0.2, 0.25) is 0 Å². The molecule has 0 amide bonds. The first-order valence-corrected chi connectivity index (χ1v) is 10.9. The van der Waals surface area contributed by atoms with Gasteiger partial charge >= 0.3 is 5.97 Å². The van der Waals surface area contributed by atoms with E-state index >= 15 is 0 Å². The average molecular weight is 444 g/mol. The second kappa shape index (κ2) is 10.6. The van der Waals surface area contributed by atoms with E-state index in [4.69, 9.17) is 9.47 Å². The van der Waals surface area contributed by atoms with Crippen LogP contribution in [0.5, 0.6) is 5.75 Å². The number of nitrogens with zero attached hydrogens (tertiary/aromatic N) is 1. The predicted octanol–water partition coefficient (Wildman–Crippen LogP) is 3.21. The maximum Gasteiger partial charge on any atom is 0.307 e. The minimum atomic E-state index is -3.71. The van der Waals surface area contributed by atoms with Gasteiger partial charge < -0.3 is 9.47 Å². The molecule has 3 aromatic rings. The molecule has 0 saturated heterocycles. The Morgan fingerprint density at radius 2 is 1.65 bits per heavy atom. The van der Waals surface area contributed by atoms with Gasteiger partial charge in [-0.3, -0.25) is 9.78 Å². The largest absolute Gasteiger partial charge is 0.489 e. The maximum absolute atomic E-state index is 12.9. The van der Waals surface area contributed by atoms with Crippen molar-refractivity contribution in [1.82, 2.24) is 9.71 Å². The van der Waals surface area contributed by atoms with Gasteiger partial charge in [0.1, 0.15) is 29.7 Å². The number of esters is 1. The molecule has 1 aromatic heterocycles. The van der Waals surface area contributed by atoms with Crippen LogP contribution in [0.15, 0.2) is 78.0 Å². The molecule has 0 aliphatic heterocycles. The van der Waals surface area contributed by atoms with E-state index in [1.165, 1.54) is 36.7 Å². The third-order valence-electron chi connectivity index (χ3n) is 4.21. The van der Waals surface area contributed by atoms with E-state index < -0.39 is 16.0 Å². The number of ether oxygens (including phenoxy) is 2. The van der Waals surface area contributed by atoms with Crippen LogP contribution < -0.4 is 9.46 Å². The second-order valence-corrected chi connectivity index (χ2v) is 8.32. The topological polar surface area (TPSA) is 94.6 Å². The highest BCUT2D eigenvalue weighted by atomic mass is 32.2. The lowest BCUT2D eigenvalue weighted by molar-refractivity contribution is -0.144. The summed E-state index contributed by atoms with van der Waals surface area (Å²) in [4.78, 5) is 15.7. The van der Waals surface area contributed by atoms with Crippen molar-refractivity contribution in [2.45, 2.75) is 24.5 Å². The fraction of sp³-hybridized carbons (Fsp3) is 0.182. The van der Waals surface area contributed by atoms with Gasteiger partial charge in [-0.1, -0.05) is 24.3 Å². The number of benzene rings is 2. The first-order chi connectivity index (χ1) is 14.9. The van der Waals surface area contributed by atoms with Gasteiger partial charge in [-0.15, -0.1) is 0 Å². The Hall–Kier alpha value is -3.30. The molecule has 1 heterocycles. The predicted molar refractivity (Wildman–Crippen MR) is 111 cm³/mol. The van der Waals surface area contributed by atoms with E-state index in [9.17, 15) is 17.6 Å². The van der Waals surface area contributed by atoms with Gasteiger partial charge in [-0.25, -0.2) is 17.5 Å². The molecule has 0 fully saturated rings. The van der Waals surface area contributed by atoms with Gasteiger partial charge in [0, 0.05) is 18.9 Å². The first kappa shape index (κ1) is 22.4. The number of rotatable bonds is 10. The highest BCUT2D eigenvalue weighted by Gasteiger charge is 2.14. The van der Waals surface area contributed by atoms with Gasteiger partial charge in [0.2, 0.25) is 10.0 Å². The number of carbonyl (C=O) groups is 1. The third-order valence-corrected chi connectivity index (χ3v) is 5.65. The summed E-state index contributed by atoms with van der Waals surface area (Å²) in [6.07, 6.45) is 2.60. The molecule has 31 heavy (non-hydrogen) atoms. The van der Waals surface area contributed by atoms with Gasteiger partial charge in [0.15, 0.2) is 0 Å². The van der Waals surface area contributed by atoms with E-state index in [2.05, 4.69) is 9.71 Å². The molecular formula is C22H21FN2O5S. The Morgan fingerprint density at radius 3 is 2.32 bits per heavy atom. The normalized spacial score (nSPS) is 11.1. The van der Waals surface area contributed by atoms with Crippen molar-refractivity contribution in [3.8, 4) is 5.75 Å². The standard InChI is InChI=1S/C22H21FN2O5S/c23-19-7-3-17(4-8-19)15-29-20-9-5-18(6-10-20)16-30-22(26)11-13-25-31(27,28)21-2-1-12-24-14-21/h1-10,12,14,25H,11,13,15-16H2. The Bertz CT molecular complexity index is 1090. The molecule has 2 aromatic carbocycles. The molecule has 0 bridgehead atoms. The van der Waals surface area contributed by atoms with Gasteiger partial charge in [0.25, 0.3) is 0 Å². The number of halogens is 1. The van der Waals surface area contributed by atoms with Crippen LogP contribution >= 0.6 is 0 Å². The number of pyridine rings is 1. The summed E-state index contributed by atoms with van der Waals surface area (Å²) in [6.45, 7) is 0.294. The molecule has 1 N–H and O–H groups in total. The highest BCUT2D eigenvalue weighted by molar-refractivity contribution is 7.89. The van der Waals surface area contributed by atoms with Crippen LogP contribution in [0.4, 0.5) is 4.39 Å². The molecular weight excluding hydrogens is 423 g/mol. The van der Waals surface area contributed by atoms with Crippen LogP contribution in [-0.4, -0.2) is 25.9 Å². The monoisotopic (exact) mass is 444 g/mol. The van der Waals surface area contributed by atoms with E-state index in [-0.39, 0.29) is 30.3 Å². The molecule has 0 spiro atoms. The van der Waals surface area contributed by atoms with Gasteiger partial charge in [0.05, 0.1) is 6.42 Å². The Kier molecular flexibility index (Phi) is 7.69. The summed E-state index contributed by atoms with van der Waals surface area (Å²) in [7, 11) is -3.71. The van der Waals surface area contributed by atoms with Crippen LogP contribution in [0, 0.1) is 5.82 Å². The summed E-state index contributed by atoms with van der Waals surface area (Å²) in [5, 5.41) is 0. The van der Waals surface area contributed by atoms with Crippen molar-refractivity contribution in [3.63, 3.8) is 0 Å². The van der Waals surface area contributed by atoms with E-state index in [1.807, 2.05) is 0 Å². The highest BCUT2D eigenvalue weighted by Crippen LogP contribution is 2.15. The lowest BCUT2D eigenvalue weighted by Crippen LogP contribution is -2.26. The number of hydrogen-bond acceptors (Lipinski definition) is 6. The van der Waals surface area contributed by atoms with Crippen LogP contribution in [0.25, 0.3) is 0 Å². The third kappa shape index (κ3) is 7.16. The van der Waals surface area contributed by atoms with Crippen molar-refractivity contribution in [3.05, 3.63) is 90.0 Å². The van der Waals surface area contributed by atoms with Crippen molar-refractivity contribution in [2.75, 3.05) is 6.54 Å². The lowest BCUT2D eigenvalue weighted by Gasteiger charge is -2.09. The van der Waals surface area contributed by atoms with Crippen LogP contribution in [-0.2, 0) is 32.8 Å². The Labute approximate surface area is 179 Å². The average Bonchev–Trinajstić information content (AvgIpc) is 2.78. The summed E-state index contributed by atoms with van der Waals surface area (Å²) in [5.41, 5.74) is 1.61. The summed E-state index contributed by atoms with van der Waals surface area (Å²) in [6, 6.07) is 16.0. The van der Waals surface area contributed by atoms with E-state index in [0.717, 1.165) is 11.1 Å². The molecule has 0 atom stereocenters. The fourth-order valence-corrected chi connectivity index (χ4v) is 3.54. The zero-order valence-electron chi connectivity index (χ0n) is 16.5.